The monoisotopic (exact) mass is 443 g/mol. The zero-order valence-electron chi connectivity index (χ0n) is 15.1. The minimum absolute atomic E-state index is 0.656. The Morgan fingerprint density at radius 2 is 1.57 bits per heavy atom. The predicted molar refractivity (Wildman–Crippen MR) is 128 cm³/mol. The molecule has 3 aromatic rings. The molecule has 0 aliphatic heterocycles. The molecule has 1 nitrogen and oxygen atoms in total. The lowest BCUT2D eigenvalue weighted by atomic mass is 10.2. The van der Waals surface area contributed by atoms with Gasteiger partial charge in [-0.05, 0) is 46.9 Å². The van der Waals surface area contributed by atoms with Crippen LogP contribution in [0.1, 0.15) is 11.1 Å². The third-order valence-corrected chi connectivity index (χ3v) is 6.18. The number of benzene rings is 3. The predicted octanol–water partition coefficient (Wildman–Crippen LogP) is 8.40. The number of para-hydroxylation sites is 1. The molecule has 0 aliphatic rings. The number of rotatable bonds is 7. The Hall–Kier alpha value is -1.65. The summed E-state index contributed by atoms with van der Waals surface area (Å²) in [4.78, 5) is 4.78. The molecule has 0 radical (unpaired) electrons. The lowest BCUT2D eigenvalue weighted by Gasteiger charge is -2.04. The van der Waals surface area contributed by atoms with Gasteiger partial charge in [-0.25, -0.2) is 4.99 Å². The highest BCUT2D eigenvalue weighted by Crippen LogP contribution is 2.26. The summed E-state index contributed by atoms with van der Waals surface area (Å²) in [6, 6.07) is 26.1. The van der Waals surface area contributed by atoms with Gasteiger partial charge in [-0.2, -0.15) is 0 Å². The van der Waals surface area contributed by atoms with Crippen LogP contribution in [0.15, 0.2) is 95.3 Å². The fraction of sp³-hybridized carbons (Fsp3) is 0.0870. The molecule has 0 atom stereocenters. The maximum atomic E-state index is 6.25. The molecule has 3 aromatic carbocycles. The van der Waals surface area contributed by atoms with E-state index in [4.69, 9.17) is 28.2 Å². The second-order valence-corrected chi connectivity index (χ2v) is 8.64. The molecule has 0 unspecified atom stereocenters. The van der Waals surface area contributed by atoms with Gasteiger partial charge < -0.3 is 0 Å². The van der Waals surface area contributed by atoms with Crippen LogP contribution in [0.4, 0.5) is 5.69 Å². The summed E-state index contributed by atoms with van der Waals surface area (Å²) in [7, 11) is 0. The highest BCUT2D eigenvalue weighted by atomic mass is 35.5. The summed E-state index contributed by atoms with van der Waals surface area (Å²) in [5.74, 6) is 1.67. The lowest BCUT2D eigenvalue weighted by molar-refractivity contribution is 1.42. The van der Waals surface area contributed by atoms with Crippen LogP contribution in [0.25, 0.3) is 0 Å². The van der Waals surface area contributed by atoms with Crippen LogP contribution >= 0.6 is 46.7 Å². The van der Waals surface area contributed by atoms with Gasteiger partial charge in [0.05, 0.1) is 10.7 Å². The van der Waals surface area contributed by atoms with Crippen LogP contribution in [0.2, 0.25) is 10.0 Å². The summed E-state index contributed by atoms with van der Waals surface area (Å²) in [5, 5.41) is 4.41. The Labute approximate surface area is 184 Å². The molecule has 0 saturated carbocycles. The van der Waals surface area contributed by atoms with E-state index in [0.29, 0.717) is 10.0 Å². The van der Waals surface area contributed by atoms with Crippen molar-refractivity contribution in [2.24, 2.45) is 4.99 Å². The topological polar surface area (TPSA) is 12.4 Å². The van der Waals surface area contributed by atoms with Crippen LogP contribution in [-0.4, -0.2) is 5.04 Å². The van der Waals surface area contributed by atoms with Gasteiger partial charge >= 0.3 is 0 Å². The van der Waals surface area contributed by atoms with Gasteiger partial charge in [0.1, 0.15) is 0 Å². The molecule has 0 amide bonds. The van der Waals surface area contributed by atoms with Gasteiger partial charge in [-0.1, -0.05) is 77.8 Å². The number of halogens is 2. The van der Waals surface area contributed by atoms with Crippen molar-refractivity contribution in [3.63, 3.8) is 0 Å². The molecule has 0 saturated heterocycles. The highest BCUT2D eigenvalue weighted by molar-refractivity contribution is 8.13. The average molecular weight is 444 g/mol. The second-order valence-electron chi connectivity index (χ2n) is 5.91. The first kappa shape index (κ1) is 21.1. The number of hydrogen-bond donors (Lipinski definition) is 0. The van der Waals surface area contributed by atoms with Gasteiger partial charge in [-0.3, -0.25) is 0 Å². The van der Waals surface area contributed by atoms with Crippen LogP contribution in [0.5, 0.6) is 0 Å². The summed E-state index contributed by atoms with van der Waals surface area (Å²) in [6.07, 6.45) is 2.06. The quantitative estimate of drug-likeness (QED) is 0.268. The van der Waals surface area contributed by atoms with Crippen molar-refractivity contribution >= 4 is 57.5 Å². The van der Waals surface area contributed by atoms with Crippen molar-refractivity contribution in [1.29, 1.82) is 0 Å². The fourth-order valence-electron chi connectivity index (χ4n) is 2.36. The molecule has 3 rings (SSSR count). The summed E-state index contributed by atoms with van der Waals surface area (Å²) < 4.78 is 0. The van der Waals surface area contributed by atoms with Crippen molar-refractivity contribution in [1.82, 2.24) is 0 Å². The Bertz CT molecular complexity index is 941. The lowest BCUT2D eigenvalue weighted by Crippen LogP contribution is -1.89. The van der Waals surface area contributed by atoms with E-state index in [9.17, 15) is 0 Å². The van der Waals surface area contributed by atoms with Gasteiger partial charge in [0.2, 0.25) is 0 Å². The molecule has 0 aromatic heterocycles. The molecule has 0 aliphatic carbocycles. The first-order valence-corrected chi connectivity index (χ1v) is 11.5. The normalized spacial score (nSPS) is 11.9. The van der Waals surface area contributed by atoms with E-state index in [1.54, 1.807) is 29.6 Å². The summed E-state index contributed by atoms with van der Waals surface area (Å²) >= 11 is 15.6. The van der Waals surface area contributed by atoms with Gasteiger partial charge in [0.15, 0.2) is 0 Å². The number of aliphatic imine (C=N–C) groups is 1. The Morgan fingerprint density at radius 1 is 0.857 bits per heavy atom. The average Bonchev–Trinajstić information content (AvgIpc) is 2.72. The minimum Gasteiger partial charge on any atom is -0.242 e. The van der Waals surface area contributed by atoms with Crippen LogP contribution < -0.4 is 0 Å². The van der Waals surface area contributed by atoms with Gasteiger partial charge in [0, 0.05) is 21.6 Å². The fourth-order valence-corrected chi connectivity index (χ4v) is 4.60. The van der Waals surface area contributed by atoms with E-state index in [2.05, 4.69) is 35.7 Å². The standard InChI is InChI=1S/C23H19Cl2NS2/c24-20-12-11-19(22(25)15-20)17-27-14-13-23(26-21-9-5-2-6-10-21)28-16-18-7-3-1-4-8-18/h1-15H,16-17H2. The molecular formula is C23H19Cl2NS2. The minimum atomic E-state index is 0.656. The Kier molecular flexibility index (Phi) is 8.56. The third kappa shape index (κ3) is 7.06. The highest BCUT2D eigenvalue weighted by Gasteiger charge is 2.02. The molecule has 0 spiro atoms. The summed E-state index contributed by atoms with van der Waals surface area (Å²) in [6.45, 7) is 0. The molecule has 28 heavy (non-hydrogen) atoms. The molecular weight excluding hydrogens is 425 g/mol. The van der Waals surface area contributed by atoms with Crippen molar-refractivity contribution in [3.05, 3.63) is 112 Å². The second kappa shape index (κ2) is 11.4. The first-order chi connectivity index (χ1) is 13.7. The van der Waals surface area contributed by atoms with E-state index >= 15 is 0 Å². The SMILES string of the molecule is Clc1ccc(CSC=CC(=Nc2ccccc2)SCc2ccccc2)c(Cl)c1. The van der Waals surface area contributed by atoms with E-state index in [-0.39, 0.29) is 0 Å². The zero-order chi connectivity index (χ0) is 19.6. The summed E-state index contributed by atoms with van der Waals surface area (Å²) in [5.41, 5.74) is 3.30. The molecule has 0 heterocycles. The van der Waals surface area contributed by atoms with Crippen LogP contribution in [-0.2, 0) is 11.5 Å². The Morgan fingerprint density at radius 3 is 2.29 bits per heavy atom. The van der Waals surface area contributed by atoms with Crippen LogP contribution in [0, 0.1) is 0 Å². The van der Waals surface area contributed by atoms with E-state index in [0.717, 1.165) is 27.8 Å². The number of thioether (sulfide) groups is 2. The maximum absolute atomic E-state index is 6.25. The van der Waals surface area contributed by atoms with E-state index in [1.807, 2.05) is 48.5 Å². The molecule has 0 fully saturated rings. The van der Waals surface area contributed by atoms with E-state index < -0.39 is 0 Å². The van der Waals surface area contributed by atoms with Crippen molar-refractivity contribution in [2.75, 3.05) is 0 Å². The molecule has 142 valence electrons. The van der Waals surface area contributed by atoms with Gasteiger partial charge in [-0.15, -0.1) is 23.5 Å². The molecule has 0 bridgehead atoms. The largest absolute Gasteiger partial charge is 0.242 e. The number of nitrogens with zero attached hydrogens (tertiary/aromatic N) is 1. The maximum Gasteiger partial charge on any atom is 0.0975 e. The first-order valence-electron chi connectivity index (χ1n) is 8.73. The zero-order valence-corrected chi connectivity index (χ0v) is 18.2. The molecule has 5 heteroatoms. The number of hydrogen-bond acceptors (Lipinski definition) is 3. The van der Waals surface area contributed by atoms with Crippen LogP contribution in [0.3, 0.4) is 0 Å². The van der Waals surface area contributed by atoms with Gasteiger partial charge in [0.25, 0.3) is 0 Å². The van der Waals surface area contributed by atoms with Crippen molar-refractivity contribution < 1.29 is 0 Å². The van der Waals surface area contributed by atoms with Crippen molar-refractivity contribution in [2.45, 2.75) is 11.5 Å². The third-order valence-electron chi connectivity index (χ3n) is 3.79. The van der Waals surface area contributed by atoms with E-state index in [1.165, 1.54) is 5.56 Å². The van der Waals surface area contributed by atoms with Crippen molar-refractivity contribution in [3.8, 4) is 0 Å². The molecule has 0 N–H and O–H groups in total. The Balaban J connectivity index is 1.65. The smallest absolute Gasteiger partial charge is 0.0975 e.